The topological polar surface area (TPSA) is 53.5 Å². The average Bonchev–Trinajstić information content (AvgIpc) is 3.29. The lowest BCUT2D eigenvalue weighted by Gasteiger charge is -2.34. The molecule has 1 aliphatic heterocycles. The summed E-state index contributed by atoms with van der Waals surface area (Å²) in [5, 5.41) is 2.72. The highest BCUT2D eigenvalue weighted by Gasteiger charge is 2.26. The lowest BCUT2D eigenvalue weighted by molar-refractivity contribution is -0.132. The molecule has 0 spiro atoms. The van der Waals surface area contributed by atoms with Crippen LogP contribution in [-0.4, -0.2) is 52.8 Å². The zero-order chi connectivity index (χ0) is 22.5. The van der Waals surface area contributed by atoms with Gasteiger partial charge in [-0.15, -0.1) is 11.3 Å². The average molecular weight is 448 g/mol. The fourth-order valence-electron chi connectivity index (χ4n) is 4.12. The molecule has 0 bridgehead atoms. The Kier molecular flexibility index (Phi) is 7.00. The summed E-state index contributed by atoms with van der Waals surface area (Å²) < 4.78 is 0. The van der Waals surface area contributed by atoms with Crippen molar-refractivity contribution in [3.05, 3.63) is 76.3 Å². The van der Waals surface area contributed by atoms with E-state index in [0.717, 1.165) is 29.0 Å². The van der Waals surface area contributed by atoms with E-state index in [-0.39, 0.29) is 11.8 Å². The lowest BCUT2D eigenvalue weighted by atomic mass is 10.1. The molecule has 1 aromatic heterocycles. The number of rotatable bonds is 6. The first-order valence-electron chi connectivity index (χ1n) is 11.2. The van der Waals surface area contributed by atoms with Crippen LogP contribution in [0.2, 0.25) is 0 Å². The van der Waals surface area contributed by atoms with Crippen LogP contribution in [0, 0.1) is 13.8 Å². The number of hydrogen-bond acceptors (Lipinski definition) is 4. The Labute approximate surface area is 193 Å². The number of piperazine rings is 1. The number of aryl methyl sites for hydroxylation is 3. The molecular formula is C26H29N3O2S. The summed E-state index contributed by atoms with van der Waals surface area (Å²) in [5.41, 5.74) is 5.21. The van der Waals surface area contributed by atoms with Crippen molar-refractivity contribution in [1.29, 1.82) is 0 Å². The zero-order valence-electron chi connectivity index (χ0n) is 18.7. The van der Waals surface area contributed by atoms with Crippen molar-refractivity contribution in [3.63, 3.8) is 0 Å². The predicted octanol–water partition coefficient (Wildman–Crippen LogP) is 4.73. The SMILES string of the molecule is Cc1ccc(-c2nc(C(=O)N3CCN(C(=O)CCCc4ccccc4)CC3)cs2)c(C)c1. The van der Waals surface area contributed by atoms with E-state index in [1.54, 1.807) is 0 Å². The van der Waals surface area contributed by atoms with Crippen LogP contribution in [0.3, 0.4) is 0 Å². The van der Waals surface area contributed by atoms with E-state index in [2.05, 4.69) is 49.2 Å². The van der Waals surface area contributed by atoms with Gasteiger partial charge in [0.15, 0.2) is 0 Å². The Balaban J connectivity index is 1.28. The second-order valence-corrected chi connectivity index (χ2v) is 9.23. The van der Waals surface area contributed by atoms with Gasteiger partial charge in [-0.3, -0.25) is 9.59 Å². The fraction of sp³-hybridized carbons (Fsp3) is 0.346. The van der Waals surface area contributed by atoms with Gasteiger partial charge in [0, 0.05) is 43.5 Å². The predicted molar refractivity (Wildman–Crippen MR) is 129 cm³/mol. The van der Waals surface area contributed by atoms with Gasteiger partial charge < -0.3 is 9.80 Å². The number of amides is 2. The van der Waals surface area contributed by atoms with Gasteiger partial charge in [-0.25, -0.2) is 4.98 Å². The normalized spacial score (nSPS) is 13.9. The fourth-order valence-corrected chi connectivity index (χ4v) is 5.00. The van der Waals surface area contributed by atoms with Gasteiger partial charge in [-0.1, -0.05) is 54.1 Å². The van der Waals surface area contributed by atoms with Crippen LogP contribution in [0.5, 0.6) is 0 Å². The van der Waals surface area contributed by atoms with Crippen molar-refractivity contribution < 1.29 is 9.59 Å². The van der Waals surface area contributed by atoms with Gasteiger partial charge in [0.25, 0.3) is 5.91 Å². The smallest absolute Gasteiger partial charge is 0.273 e. The number of thiazole rings is 1. The van der Waals surface area contributed by atoms with Crippen LogP contribution in [0.1, 0.15) is 40.0 Å². The highest BCUT2D eigenvalue weighted by atomic mass is 32.1. The summed E-state index contributed by atoms with van der Waals surface area (Å²) in [6.45, 7) is 6.43. The number of carbonyl (C=O) groups excluding carboxylic acids is 2. The first-order valence-corrected chi connectivity index (χ1v) is 12.0. The molecule has 3 aromatic rings. The molecule has 166 valence electrons. The molecule has 0 radical (unpaired) electrons. The minimum absolute atomic E-state index is 0.0477. The Morgan fingerprint density at radius 1 is 0.969 bits per heavy atom. The molecule has 0 unspecified atom stereocenters. The Morgan fingerprint density at radius 3 is 2.41 bits per heavy atom. The first-order chi connectivity index (χ1) is 15.5. The first kappa shape index (κ1) is 22.2. The number of nitrogens with zero attached hydrogens (tertiary/aromatic N) is 3. The summed E-state index contributed by atoms with van der Waals surface area (Å²) in [6, 6.07) is 16.5. The van der Waals surface area contributed by atoms with Crippen LogP contribution < -0.4 is 0 Å². The molecule has 1 saturated heterocycles. The second-order valence-electron chi connectivity index (χ2n) is 8.37. The van der Waals surface area contributed by atoms with Gasteiger partial charge in [0.05, 0.1) is 0 Å². The number of benzene rings is 2. The van der Waals surface area contributed by atoms with Gasteiger partial charge in [-0.05, 0) is 37.8 Å². The van der Waals surface area contributed by atoms with Crippen molar-refractivity contribution in [2.24, 2.45) is 0 Å². The van der Waals surface area contributed by atoms with Gasteiger partial charge in [0.1, 0.15) is 10.7 Å². The molecule has 32 heavy (non-hydrogen) atoms. The second kappa shape index (κ2) is 10.1. The summed E-state index contributed by atoms with van der Waals surface area (Å²) in [6.07, 6.45) is 2.31. The van der Waals surface area contributed by atoms with E-state index in [4.69, 9.17) is 0 Å². The van der Waals surface area contributed by atoms with Crippen molar-refractivity contribution in [3.8, 4) is 10.6 Å². The van der Waals surface area contributed by atoms with Crippen LogP contribution in [0.4, 0.5) is 0 Å². The van der Waals surface area contributed by atoms with Gasteiger partial charge >= 0.3 is 0 Å². The molecular weight excluding hydrogens is 418 g/mol. The minimum atomic E-state index is -0.0477. The van der Waals surface area contributed by atoms with Gasteiger partial charge in [0.2, 0.25) is 5.91 Å². The third-order valence-corrected chi connectivity index (χ3v) is 6.83. The van der Waals surface area contributed by atoms with E-state index in [9.17, 15) is 9.59 Å². The highest BCUT2D eigenvalue weighted by molar-refractivity contribution is 7.13. The molecule has 0 atom stereocenters. The molecule has 0 aliphatic carbocycles. The van der Waals surface area contributed by atoms with Crippen molar-refractivity contribution in [2.75, 3.05) is 26.2 Å². The minimum Gasteiger partial charge on any atom is -0.339 e. The van der Waals surface area contributed by atoms with Crippen LogP contribution >= 0.6 is 11.3 Å². The summed E-state index contributed by atoms with van der Waals surface area (Å²) in [7, 11) is 0. The maximum Gasteiger partial charge on any atom is 0.273 e. The standard InChI is InChI=1S/C26H29N3O2S/c1-19-11-12-22(20(2)17-19)25-27-23(18-32-25)26(31)29-15-13-28(14-16-29)24(30)10-6-9-21-7-4-3-5-8-21/h3-5,7-8,11-12,17-18H,6,9-10,13-16H2,1-2H3. The van der Waals surface area contributed by atoms with Crippen molar-refractivity contribution >= 4 is 23.2 Å². The van der Waals surface area contributed by atoms with E-state index < -0.39 is 0 Å². The monoisotopic (exact) mass is 447 g/mol. The molecule has 0 N–H and O–H groups in total. The molecule has 2 amide bonds. The highest BCUT2D eigenvalue weighted by Crippen LogP contribution is 2.28. The molecule has 1 fully saturated rings. The van der Waals surface area contributed by atoms with Crippen molar-refractivity contribution in [2.45, 2.75) is 33.1 Å². The molecule has 2 aromatic carbocycles. The van der Waals surface area contributed by atoms with Crippen LogP contribution in [0.15, 0.2) is 53.9 Å². The summed E-state index contributed by atoms with van der Waals surface area (Å²) >= 11 is 1.50. The molecule has 0 saturated carbocycles. The molecule has 4 rings (SSSR count). The molecule has 5 nitrogen and oxygen atoms in total. The molecule has 2 heterocycles. The summed E-state index contributed by atoms with van der Waals surface area (Å²) in [5.74, 6) is 0.132. The zero-order valence-corrected chi connectivity index (χ0v) is 19.5. The third-order valence-electron chi connectivity index (χ3n) is 5.95. The maximum atomic E-state index is 13.0. The van der Waals surface area contributed by atoms with E-state index >= 15 is 0 Å². The number of carbonyl (C=O) groups is 2. The lowest BCUT2D eigenvalue weighted by Crippen LogP contribution is -2.50. The van der Waals surface area contributed by atoms with Crippen LogP contribution in [0.25, 0.3) is 10.6 Å². The Bertz CT molecular complexity index is 1090. The quantitative estimate of drug-likeness (QED) is 0.549. The van der Waals surface area contributed by atoms with Crippen LogP contribution in [-0.2, 0) is 11.2 Å². The van der Waals surface area contributed by atoms with E-state index in [0.29, 0.717) is 38.3 Å². The number of aromatic nitrogens is 1. The summed E-state index contributed by atoms with van der Waals surface area (Å²) in [4.78, 5) is 33.8. The van der Waals surface area contributed by atoms with E-state index in [1.165, 1.54) is 22.5 Å². The molecule has 6 heteroatoms. The van der Waals surface area contributed by atoms with E-state index in [1.807, 2.05) is 33.4 Å². The Morgan fingerprint density at radius 2 is 1.69 bits per heavy atom. The molecule has 1 aliphatic rings. The third kappa shape index (κ3) is 5.25. The Hall–Kier alpha value is -2.99. The largest absolute Gasteiger partial charge is 0.339 e. The van der Waals surface area contributed by atoms with Crippen molar-refractivity contribution in [1.82, 2.24) is 14.8 Å². The van der Waals surface area contributed by atoms with Gasteiger partial charge in [-0.2, -0.15) is 0 Å². The maximum absolute atomic E-state index is 13.0. The number of hydrogen-bond donors (Lipinski definition) is 0.